The Morgan fingerprint density at radius 3 is 2.89 bits per heavy atom. The van der Waals surface area contributed by atoms with Gasteiger partial charge in [-0.1, -0.05) is 12.1 Å². The molecule has 27 heavy (non-hydrogen) atoms. The standard InChI is InChI=1S/C18H20F2N4O3/c19-18(20)27-15-6-2-1-5-13(15)17(26)21-10-16(25)24-9-3-4-12(11-24)14-7-8-22-23-14/h1-2,5-8,12,18H,3-4,9-11H2,(H,21,26)(H,22,23). The van der Waals surface area contributed by atoms with Crippen LogP contribution in [0, 0.1) is 0 Å². The first-order chi connectivity index (χ1) is 13.0. The van der Waals surface area contributed by atoms with Crippen LogP contribution in [0.15, 0.2) is 36.5 Å². The number of likely N-dealkylation sites (tertiary alicyclic amines) is 1. The van der Waals surface area contributed by atoms with Gasteiger partial charge in [-0.05, 0) is 31.0 Å². The minimum Gasteiger partial charge on any atom is -0.434 e. The summed E-state index contributed by atoms with van der Waals surface area (Å²) in [6, 6.07) is 7.56. The van der Waals surface area contributed by atoms with Crippen molar-refractivity contribution in [3.05, 3.63) is 47.8 Å². The van der Waals surface area contributed by atoms with Crippen LogP contribution in [0.4, 0.5) is 8.78 Å². The topological polar surface area (TPSA) is 87.3 Å². The summed E-state index contributed by atoms with van der Waals surface area (Å²) in [6.45, 7) is -2.09. The van der Waals surface area contributed by atoms with Gasteiger partial charge in [-0.2, -0.15) is 13.9 Å². The average molecular weight is 378 g/mol. The normalized spacial score (nSPS) is 17.0. The molecular weight excluding hydrogens is 358 g/mol. The number of benzene rings is 1. The first-order valence-corrected chi connectivity index (χ1v) is 8.63. The van der Waals surface area contributed by atoms with Gasteiger partial charge in [0.1, 0.15) is 5.75 Å². The van der Waals surface area contributed by atoms with Gasteiger partial charge in [0.15, 0.2) is 0 Å². The molecule has 1 atom stereocenters. The summed E-state index contributed by atoms with van der Waals surface area (Å²) in [4.78, 5) is 26.4. The molecule has 3 rings (SSSR count). The van der Waals surface area contributed by atoms with E-state index in [0.717, 1.165) is 18.5 Å². The van der Waals surface area contributed by atoms with E-state index < -0.39 is 12.5 Å². The molecule has 1 aromatic heterocycles. The number of H-pyrrole nitrogens is 1. The van der Waals surface area contributed by atoms with Crippen LogP contribution in [-0.4, -0.2) is 53.2 Å². The zero-order chi connectivity index (χ0) is 19.2. The smallest absolute Gasteiger partial charge is 0.387 e. The number of para-hydroxylation sites is 1. The monoisotopic (exact) mass is 378 g/mol. The third-order valence-electron chi connectivity index (χ3n) is 4.48. The van der Waals surface area contributed by atoms with Crippen molar-refractivity contribution in [2.45, 2.75) is 25.4 Å². The molecule has 1 saturated heterocycles. The Morgan fingerprint density at radius 1 is 1.33 bits per heavy atom. The van der Waals surface area contributed by atoms with Crippen molar-refractivity contribution in [2.75, 3.05) is 19.6 Å². The number of hydrogen-bond acceptors (Lipinski definition) is 4. The summed E-state index contributed by atoms with van der Waals surface area (Å²) in [6.07, 6.45) is 3.49. The van der Waals surface area contributed by atoms with Crippen LogP contribution < -0.4 is 10.1 Å². The molecule has 2 heterocycles. The van der Waals surface area contributed by atoms with Crippen molar-refractivity contribution >= 4 is 11.8 Å². The van der Waals surface area contributed by atoms with Crippen LogP contribution in [0.2, 0.25) is 0 Å². The SMILES string of the molecule is O=C(NCC(=O)N1CCCC(c2ccn[nH]2)C1)c1ccccc1OC(F)F. The van der Waals surface area contributed by atoms with Gasteiger partial charge in [0.05, 0.1) is 12.1 Å². The van der Waals surface area contributed by atoms with Crippen LogP contribution in [0.3, 0.4) is 0 Å². The molecule has 2 aromatic rings. The summed E-state index contributed by atoms with van der Waals surface area (Å²) in [7, 11) is 0. The van der Waals surface area contributed by atoms with Gasteiger partial charge < -0.3 is 15.0 Å². The fourth-order valence-corrected chi connectivity index (χ4v) is 3.17. The number of aromatic amines is 1. The fourth-order valence-electron chi connectivity index (χ4n) is 3.17. The van der Waals surface area contributed by atoms with Crippen LogP contribution in [0.5, 0.6) is 5.75 Å². The van der Waals surface area contributed by atoms with Gasteiger partial charge in [-0.25, -0.2) is 0 Å². The number of alkyl halides is 2. The lowest BCUT2D eigenvalue weighted by Gasteiger charge is -2.32. The largest absolute Gasteiger partial charge is 0.434 e. The third-order valence-corrected chi connectivity index (χ3v) is 4.48. The van der Waals surface area contributed by atoms with Crippen molar-refractivity contribution in [1.29, 1.82) is 0 Å². The molecule has 1 aliphatic rings. The second kappa shape index (κ2) is 8.61. The van der Waals surface area contributed by atoms with E-state index in [0.29, 0.717) is 13.1 Å². The molecule has 0 spiro atoms. The summed E-state index contributed by atoms with van der Waals surface area (Å²) < 4.78 is 29.3. The minimum atomic E-state index is -3.03. The average Bonchev–Trinajstić information content (AvgIpc) is 3.21. The highest BCUT2D eigenvalue weighted by Gasteiger charge is 2.26. The van der Waals surface area contributed by atoms with Crippen molar-refractivity contribution in [3.8, 4) is 5.75 Å². The predicted molar refractivity (Wildman–Crippen MR) is 92.5 cm³/mol. The van der Waals surface area contributed by atoms with Gasteiger partial charge in [-0.3, -0.25) is 14.7 Å². The Labute approximate surface area is 154 Å². The Hall–Kier alpha value is -2.97. The highest BCUT2D eigenvalue weighted by molar-refractivity contribution is 5.98. The van der Waals surface area contributed by atoms with Crippen LogP contribution >= 0.6 is 0 Å². The number of carbonyl (C=O) groups excluding carboxylic acids is 2. The molecule has 0 bridgehead atoms. The Kier molecular flexibility index (Phi) is 6.00. The van der Waals surface area contributed by atoms with Gasteiger partial charge in [0.2, 0.25) is 5.91 Å². The number of hydrogen-bond donors (Lipinski definition) is 2. The molecule has 0 aliphatic carbocycles. The van der Waals surface area contributed by atoms with Crippen LogP contribution in [-0.2, 0) is 4.79 Å². The molecular formula is C18H20F2N4O3. The van der Waals surface area contributed by atoms with E-state index in [9.17, 15) is 18.4 Å². The van der Waals surface area contributed by atoms with Crippen molar-refractivity contribution < 1.29 is 23.1 Å². The van der Waals surface area contributed by atoms with Gasteiger partial charge in [0.25, 0.3) is 5.91 Å². The van der Waals surface area contributed by atoms with E-state index in [2.05, 4.69) is 20.3 Å². The second-order valence-electron chi connectivity index (χ2n) is 6.25. The maximum absolute atomic E-state index is 12.5. The number of nitrogens with one attached hydrogen (secondary N) is 2. The Bertz CT molecular complexity index is 783. The number of halogens is 2. The lowest BCUT2D eigenvalue weighted by atomic mass is 9.95. The molecule has 1 aromatic carbocycles. The Morgan fingerprint density at radius 2 is 2.15 bits per heavy atom. The number of carbonyl (C=O) groups is 2. The lowest BCUT2D eigenvalue weighted by Crippen LogP contribution is -2.44. The van der Waals surface area contributed by atoms with E-state index in [1.54, 1.807) is 11.1 Å². The number of piperidine rings is 1. The quantitative estimate of drug-likeness (QED) is 0.806. The predicted octanol–water partition coefficient (Wildman–Crippen LogP) is 2.15. The molecule has 1 fully saturated rings. The van der Waals surface area contributed by atoms with E-state index >= 15 is 0 Å². The molecule has 0 radical (unpaired) electrons. The molecule has 144 valence electrons. The number of aromatic nitrogens is 2. The molecule has 7 nitrogen and oxygen atoms in total. The molecule has 1 aliphatic heterocycles. The van der Waals surface area contributed by atoms with Crippen molar-refractivity contribution in [2.24, 2.45) is 0 Å². The fraction of sp³-hybridized carbons (Fsp3) is 0.389. The third kappa shape index (κ3) is 4.81. The number of amides is 2. The molecule has 9 heteroatoms. The van der Waals surface area contributed by atoms with Gasteiger partial charge in [-0.15, -0.1) is 0 Å². The summed E-state index contributed by atoms with van der Waals surface area (Å²) >= 11 is 0. The number of ether oxygens (including phenoxy) is 1. The van der Waals surface area contributed by atoms with Gasteiger partial charge >= 0.3 is 6.61 Å². The van der Waals surface area contributed by atoms with Crippen molar-refractivity contribution in [1.82, 2.24) is 20.4 Å². The lowest BCUT2D eigenvalue weighted by molar-refractivity contribution is -0.131. The highest BCUT2D eigenvalue weighted by Crippen LogP contribution is 2.25. The zero-order valence-corrected chi connectivity index (χ0v) is 14.5. The first-order valence-electron chi connectivity index (χ1n) is 8.63. The van der Waals surface area contributed by atoms with Crippen LogP contribution in [0.1, 0.15) is 34.8 Å². The molecule has 1 unspecified atom stereocenters. The Balaban J connectivity index is 1.57. The maximum Gasteiger partial charge on any atom is 0.387 e. The number of nitrogens with zero attached hydrogens (tertiary/aromatic N) is 2. The molecule has 2 N–H and O–H groups in total. The van der Waals surface area contributed by atoms with E-state index in [1.165, 1.54) is 24.3 Å². The molecule has 0 saturated carbocycles. The maximum atomic E-state index is 12.5. The second-order valence-corrected chi connectivity index (χ2v) is 6.25. The van der Waals surface area contributed by atoms with E-state index in [4.69, 9.17) is 0 Å². The van der Waals surface area contributed by atoms with Crippen LogP contribution in [0.25, 0.3) is 0 Å². The number of rotatable bonds is 6. The zero-order valence-electron chi connectivity index (χ0n) is 14.5. The summed E-state index contributed by atoms with van der Waals surface area (Å²) in [5.74, 6) is -0.905. The summed E-state index contributed by atoms with van der Waals surface area (Å²) in [5, 5.41) is 9.35. The minimum absolute atomic E-state index is 0.0421. The summed E-state index contributed by atoms with van der Waals surface area (Å²) in [5.41, 5.74) is 0.939. The first kappa shape index (κ1) is 18.8. The van der Waals surface area contributed by atoms with E-state index in [1.807, 2.05) is 6.07 Å². The highest BCUT2D eigenvalue weighted by atomic mass is 19.3. The van der Waals surface area contributed by atoms with E-state index in [-0.39, 0.29) is 29.7 Å². The van der Waals surface area contributed by atoms with Gasteiger partial charge in [0, 0.05) is 30.9 Å². The van der Waals surface area contributed by atoms with Crippen molar-refractivity contribution in [3.63, 3.8) is 0 Å². The molecule has 2 amide bonds.